The topological polar surface area (TPSA) is 46.0 Å². The zero-order valence-electron chi connectivity index (χ0n) is 12.6. The summed E-state index contributed by atoms with van der Waals surface area (Å²) in [4.78, 5) is 6.93. The van der Waals surface area contributed by atoms with Crippen molar-refractivity contribution in [3.8, 4) is 0 Å². The van der Waals surface area contributed by atoms with E-state index in [0.717, 1.165) is 32.0 Å². The van der Waals surface area contributed by atoms with Gasteiger partial charge in [-0.15, -0.1) is 0 Å². The summed E-state index contributed by atoms with van der Waals surface area (Å²) in [6.07, 6.45) is 2.88. The summed E-state index contributed by atoms with van der Waals surface area (Å²) in [5.41, 5.74) is 0. The second kappa shape index (κ2) is 6.48. The van der Waals surface area contributed by atoms with E-state index in [4.69, 9.17) is 0 Å². The van der Waals surface area contributed by atoms with E-state index in [1.54, 1.807) is 6.33 Å². The van der Waals surface area contributed by atoms with Gasteiger partial charge in [-0.1, -0.05) is 13.8 Å². The third kappa shape index (κ3) is 3.76. The Balaban J connectivity index is 2.02. The summed E-state index contributed by atoms with van der Waals surface area (Å²) >= 11 is 0. The molecule has 2 rings (SSSR count). The van der Waals surface area contributed by atoms with Gasteiger partial charge in [0, 0.05) is 18.6 Å². The van der Waals surface area contributed by atoms with Gasteiger partial charge in [0.15, 0.2) is 0 Å². The minimum absolute atomic E-state index is 0.378. The summed E-state index contributed by atoms with van der Waals surface area (Å²) in [7, 11) is 0. The highest BCUT2D eigenvalue weighted by Gasteiger charge is 2.21. The zero-order chi connectivity index (χ0) is 13.8. The van der Waals surface area contributed by atoms with E-state index in [-0.39, 0.29) is 0 Å². The Bertz CT molecular complexity index is 385. The van der Waals surface area contributed by atoms with E-state index in [0.29, 0.717) is 18.0 Å². The van der Waals surface area contributed by atoms with Crippen LogP contribution in [0.25, 0.3) is 0 Å². The third-order valence-electron chi connectivity index (χ3n) is 3.82. The molecule has 5 heteroatoms. The molecule has 0 aliphatic carbocycles. The van der Waals surface area contributed by atoms with Crippen molar-refractivity contribution in [2.24, 2.45) is 5.92 Å². The highest BCUT2D eigenvalue weighted by Crippen LogP contribution is 2.13. The van der Waals surface area contributed by atoms with Gasteiger partial charge in [-0.3, -0.25) is 4.90 Å². The number of aromatic nitrogens is 3. The number of hydrogen-bond acceptors (Lipinski definition) is 4. The Hall–Kier alpha value is -0.940. The first-order valence-electron chi connectivity index (χ1n) is 7.42. The first kappa shape index (κ1) is 14.5. The Morgan fingerprint density at radius 2 is 2.16 bits per heavy atom. The number of nitrogens with one attached hydrogen (secondary N) is 1. The van der Waals surface area contributed by atoms with Crippen LogP contribution in [0.3, 0.4) is 0 Å². The van der Waals surface area contributed by atoms with Crippen LogP contribution in [0.2, 0.25) is 0 Å². The highest BCUT2D eigenvalue weighted by atomic mass is 15.4. The molecule has 0 bridgehead atoms. The highest BCUT2D eigenvalue weighted by molar-refractivity contribution is 4.89. The first-order chi connectivity index (χ1) is 9.08. The van der Waals surface area contributed by atoms with Crippen LogP contribution >= 0.6 is 0 Å². The second-order valence-corrected chi connectivity index (χ2v) is 6.11. The molecule has 1 aromatic rings. The SMILES string of the molecule is CC(C)C1CN(Cc2ncnn2C(C)C)CCCN1. The van der Waals surface area contributed by atoms with Crippen LogP contribution in [0.1, 0.15) is 46.0 Å². The van der Waals surface area contributed by atoms with Crippen LogP contribution in [0, 0.1) is 5.92 Å². The molecular weight excluding hydrogens is 238 g/mol. The minimum atomic E-state index is 0.378. The molecule has 2 heterocycles. The molecule has 1 aliphatic heterocycles. The predicted molar refractivity (Wildman–Crippen MR) is 76.9 cm³/mol. The molecule has 1 saturated heterocycles. The predicted octanol–water partition coefficient (Wildman–Crippen LogP) is 1.68. The number of hydrogen-bond donors (Lipinski definition) is 1. The standard InChI is InChI=1S/C14H27N5/c1-11(2)13-8-18(7-5-6-15-13)9-14-16-10-17-19(14)12(3)4/h10-13,15H,5-9H2,1-4H3. The van der Waals surface area contributed by atoms with E-state index in [2.05, 4.69) is 48.0 Å². The summed E-state index contributed by atoms with van der Waals surface area (Å²) in [5, 5.41) is 7.97. The third-order valence-corrected chi connectivity index (χ3v) is 3.82. The molecule has 0 spiro atoms. The van der Waals surface area contributed by atoms with Gasteiger partial charge >= 0.3 is 0 Å². The summed E-state index contributed by atoms with van der Waals surface area (Å²) in [5.74, 6) is 1.75. The fraction of sp³-hybridized carbons (Fsp3) is 0.857. The maximum atomic E-state index is 4.42. The van der Waals surface area contributed by atoms with Gasteiger partial charge in [0.1, 0.15) is 12.2 Å². The minimum Gasteiger partial charge on any atom is -0.312 e. The fourth-order valence-electron chi connectivity index (χ4n) is 2.63. The lowest BCUT2D eigenvalue weighted by molar-refractivity contribution is 0.228. The van der Waals surface area contributed by atoms with E-state index in [1.807, 2.05) is 4.68 Å². The van der Waals surface area contributed by atoms with E-state index in [9.17, 15) is 0 Å². The van der Waals surface area contributed by atoms with Crippen LogP contribution < -0.4 is 5.32 Å². The lowest BCUT2D eigenvalue weighted by atomic mass is 10.0. The maximum absolute atomic E-state index is 4.42. The Morgan fingerprint density at radius 1 is 1.37 bits per heavy atom. The Morgan fingerprint density at radius 3 is 2.84 bits per heavy atom. The molecule has 19 heavy (non-hydrogen) atoms. The van der Waals surface area contributed by atoms with Crippen LogP contribution in [0.5, 0.6) is 0 Å². The van der Waals surface area contributed by atoms with E-state index < -0.39 is 0 Å². The molecular formula is C14H27N5. The molecule has 0 amide bonds. The van der Waals surface area contributed by atoms with Crippen molar-refractivity contribution >= 4 is 0 Å². The van der Waals surface area contributed by atoms with Crippen LogP contribution in [0.4, 0.5) is 0 Å². The molecule has 0 saturated carbocycles. The molecule has 1 N–H and O–H groups in total. The van der Waals surface area contributed by atoms with Gasteiger partial charge in [0.25, 0.3) is 0 Å². The van der Waals surface area contributed by atoms with E-state index >= 15 is 0 Å². The van der Waals surface area contributed by atoms with Crippen molar-refractivity contribution in [3.05, 3.63) is 12.2 Å². The average molecular weight is 265 g/mol. The lowest BCUT2D eigenvalue weighted by Gasteiger charge is -2.26. The summed E-state index contributed by atoms with van der Waals surface area (Å²) < 4.78 is 2.03. The molecule has 108 valence electrons. The van der Waals surface area contributed by atoms with Crippen molar-refractivity contribution in [2.45, 2.75) is 52.7 Å². The van der Waals surface area contributed by atoms with Gasteiger partial charge in [-0.05, 0) is 39.3 Å². The maximum Gasteiger partial charge on any atom is 0.141 e. The van der Waals surface area contributed by atoms with Crippen LogP contribution in [-0.2, 0) is 6.54 Å². The van der Waals surface area contributed by atoms with Crippen molar-refractivity contribution in [3.63, 3.8) is 0 Å². The smallest absolute Gasteiger partial charge is 0.141 e. The largest absolute Gasteiger partial charge is 0.312 e. The molecule has 5 nitrogen and oxygen atoms in total. The molecule has 1 atom stereocenters. The number of rotatable bonds is 4. The molecule has 1 fully saturated rings. The molecule has 1 aromatic heterocycles. The average Bonchev–Trinajstić information content (AvgIpc) is 2.67. The second-order valence-electron chi connectivity index (χ2n) is 6.11. The number of nitrogens with zero attached hydrogens (tertiary/aromatic N) is 4. The zero-order valence-corrected chi connectivity index (χ0v) is 12.6. The van der Waals surface area contributed by atoms with Gasteiger partial charge < -0.3 is 5.32 Å². The van der Waals surface area contributed by atoms with Gasteiger partial charge in [0.2, 0.25) is 0 Å². The molecule has 0 radical (unpaired) electrons. The molecule has 1 aliphatic rings. The monoisotopic (exact) mass is 265 g/mol. The van der Waals surface area contributed by atoms with Crippen molar-refractivity contribution in [2.75, 3.05) is 19.6 Å². The Kier molecular flexibility index (Phi) is 4.93. The van der Waals surface area contributed by atoms with Crippen molar-refractivity contribution in [1.82, 2.24) is 25.0 Å². The van der Waals surface area contributed by atoms with E-state index in [1.165, 1.54) is 6.42 Å². The summed E-state index contributed by atoms with van der Waals surface area (Å²) in [6.45, 7) is 13.1. The first-order valence-corrected chi connectivity index (χ1v) is 7.42. The molecule has 0 aromatic carbocycles. The Labute approximate surface area is 116 Å². The lowest BCUT2D eigenvalue weighted by Crippen LogP contribution is -2.41. The summed E-state index contributed by atoms with van der Waals surface area (Å²) in [6, 6.07) is 0.960. The van der Waals surface area contributed by atoms with Gasteiger partial charge in [0.05, 0.1) is 6.54 Å². The van der Waals surface area contributed by atoms with Crippen molar-refractivity contribution < 1.29 is 0 Å². The quantitative estimate of drug-likeness (QED) is 0.899. The normalized spacial score (nSPS) is 22.1. The van der Waals surface area contributed by atoms with Crippen molar-refractivity contribution in [1.29, 1.82) is 0 Å². The van der Waals surface area contributed by atoms with Crippen LogP contribution in [0.15, 0.2) is 6.33 Å². The molecule has 1 unspecified atom stereocenters. The van der Waals surface area contributed by atoms with Gasteiger partial charge in [-0.2, -0.15) is 5.10 Å². The fourth-order valence-corrected chi connectivity index (χ4v) is 2.63. The van der Waals surface area contributed by atoms with Crippen LogP contribution in [-0.4, -0.2) is 45.3 Å². The van der Waals surface area contributed by atoms with Gasteiger partial charge in [-0.25, -0.2) is 9.67 Å².